The van der Waals surface area contributed by atoms with Crippen molar-refractivity contribution in [2.45, 2.75) is 6.18 Å². The van der Waals surface area contributed by atoms with Gasteiger partial charge in [0.2, 0.25) is 5.95 Å². The second-order valence-corrected chi connectivity index (χ2v) is 4.31. The molecule has 1 aliphatic heterocycles. The second-order valence-electron chi connectivity index (χ2n) is 4.31. The second kappa shape index (κ2) is 5.70. The zero-order valence-electron chi connectivity index (χ0n) is 10.1. The highest BCUT2D eigenvalue weighted by Crippen LogP contribution is 2.28. The largest absolute Gasteiger partial charge is 0.433 e. The Hall–Kier alpha value is -1.41. The molecule has 0 saturated carbocycles. The molecule has 0 aliphatic carbocycles. The summed E-state index contributed by atoms with van der Waals surface area (Å²) in [6, 6.07) is 0.835. The summed E-state index contributed by atoms with van der Waals surface area (Å²) < 4.78 is 43.0. The predicted octanol–water partition coefficient (Wildman–Crippen LogP) is 0.940. The number of alkyl halides is 3. The molecule has 1 aliphatic rings. The molecule has 0 spiro atoms. The standard InChI is InChI=1S/C11H14F3N3O2/c12-11(13,14)9-1-2-15-10(16-9)17-3-4-19-7-8(5-17)6-18/h1-2,8,18H,3-7H2/t8-/m0/s1. The predicted molar refractivity (Wildman–Crippen MR) is 60.6 cm³/mol. The van der Waals surface area contributed by atoms with Gasteiger partial charge in [0.05, 0.1) is 13.2 Å². The molecule has 2 heterocycles. The summed E-state index contributed by atoms with van der Waals surface area (Å²) in [7, 11) is 0. The minimum Gasteiger partial charge on any atom is -0.396 e. The number of anilines is 1. The van der Waals surface area contributed by atoms with Crippen LogP contribution >= 0.6 is 0 Å². The van der Waals surface area contributed by atoms with Crippen LogP contribution in [-0.2, 0) is 10.9 Å². The number of aliphatic hydroxyl groups excluding tert-OH is 1. The Kier molecular flexibility index (Phi) is 4.20. The fraction of sp³-hybridized carbons (Fsp3) is 0.636. The van der Waals surface area contributed by atoms with Crippen LogP contribution in [0.2, 0.25) is 0 Å². The molecule has 0 bridgehead atoms. The van der Waals surface area contributed by atoms with Crippen LogP contribution in [0.4, 0.5) is 19.1 Å². The van der Waals surface area contributed by atoms with E-state index in [-0.39, 0.29) is 18.5 Å². The van der Waals surface area contributed by atoms with Crippen molar-refractivity contribution in [2.24, 2.45) is 5.92 Å². The van der Waals surface area contributed by atoms with E-state index in [0.29, 0.717) is 26.3 Å². The van der Waals surface area contributed by atoms with Crippen LogP contribution in [-0.4, -0.2) is 48.0 Å². The molecule has 0 amide bonds. The average molecular weight is 277 g/mol. The Labute approximate surface area is 108 Å². The first kappa shape index (κ1) is 14.0. The Bertz CT molecular complexity index is 428. The Balaban J connectivity index is 2.20. The van der Waals surface area contributed by atoms with Crippen LogP contribution in [0.25, 0.3) is 0 Å². The first-order valence-electron chi connectivity index (χ1n) is 5.84. The molecule has 1 aromatic rings. The van der Waals surface area contributed by atoms with E-state index in [2.05, 4.69) is 9.97 Å². The van der Waals surface area contributed by atoms with Gasteiger partial charge in [0, 0.05) is 31.8 Å². The molecule has 0 aromatic carbocycles. The minimum atomic E-state index is -4.49. The molecular formula is C11H14F3N3O2. The van der Waals surface area contributed by atoms with Crippen molar-refractivity contribution in [3.8, 4) is 0 Å². The summed E-state index contributed by atoms with van der Waals surface area (Å²) >= 11 is 0. The zero-order valence-corrected chi connectivity index (χ0v) is 10.1. The Morgan fingerprint density at radius 3 is 2.95 bits per heavy atom. The molecule has 8 heteroatoms. The van der Waals surface area contributed by atoms with Crippen molar-refractivity contribution in [3.63, 3.8) is 0 Å². The first-order chi connectivity index (χ1) is 9.00. The molecule has 2 rings (SSSR count). The van der Waals surface area contributed by atoms with Gasteiger partial charge in [-0.25, -0.2) is 9.97 Å². The molecule has 19 heavy (non-hydrogen) atoms. The molecule has 1 fully saturated rings. The number of halogens is 3. The van der Waals surface area contributed by atoms with Crippen molar-refractivity contribution in [1.29, 1.82) is 0 Å². The molecule has 0 radical (unpaired) electrons. The Morgan fingerprint density at radius 2 is 2.26 bits per heavy atom. The van der Waals surface area contributed by atoms with Crippen LogP contribution in [0, 0.1) is 5.92 Å². The maximum atomic E-state index is 12.6. The van der Waals surface area contributed by atoms with Crippen molar-refractivity contribution < 1.29 is 23.0 Å². The molecule has 1 N–H and O–H groups in total. The SMILES string of the molecule is OC[C@H]1COCCN(c2nccc(C(F)(F)F)n2)C1. The van der Waals surface area contributed by atoms with Gasteiger partial charge in [0.15, 0.2) is 0 Å². The molecule has 5 nitrogen and oxygen atoms in total. The highest BCUT2D eigenvalue weighted by Gasteiger charge is 2.33. The summed E-state index contributed by atoms with van der Waals surface area (Å²) in [5, 5.41) is 9.14. The van der Waals surface area contributed by atoms with E-state index in [1.54, 1.807) is 4.90 Å². The van der Waals surface area contributed by atoms with E-state index in [1.165, 1.54) is 0 Å². The van der Waals surface area contributed by atoms with Crippen LogP contribution in [0.15, 0.2) is 12.3 Å². The maximum Gasteiger partial charge on any atom is 0.433 e. The summed E-state index contributed by atoms with van der Waals surface area (Å²) in [6.45, 7) is 1.44. The van der Waals surface area contributed by atoms with Gasteiger partial charge in [-0.3, -0.25) is 0 Å². The van der Waals surface area contributed by atoms with E-state index in [0.717, 1.165) is 12.3 Å². The van der Waals surface area contributed by atoms with Crippen LogP contribution in [0.3, 0.4) is 0 Å². The number of rotatable bonds is 2. The van der Waals surface area contributed by atoms with Gasteiger partial charge < -0.3 is 14.7 Å². The van der Waals surface area contributed by atoms with E-state index in [4.69, 9.17) is 9.84 Å². The van der Waals surface area contributed by atoms with Gasteiger partial charge in [-0.2, -0.15) is 13.2 Å². The summed E-state index contributed by atoms with van der Waals surface area (Å²) in [5.74, 6) is -0.139. The fourth-order valence-electron chi connectivity index (χ4n) is 1.83. The van der Waals surface area contributed by atoms with Crippen molar-refractivity contribution in [1.82, 2.24) is 9.97 Å². The lowest BCUT2D eigenvalue weighted by Crippen LogP contribution is -2.33. The number of hydrogen-bond donors (Lipinski definition) is 1. The number of nitrogens with zero attached hydrogens (tertiary/aromatic N) is 3. The lowest BCUT2D eigenvalue weighted by atomic mass is 10.2. The zero-order chi connectivity index (χ0) is 13.9. The van der Waals surface area contributed by atoms with Crippen LogP contribution in [0.1, 0.15) is 5.69 Å². The molecule has 0 unspecified atom stereocenters. The molecule has 106 valence electrons. The van der Waals surface area contributed by atoms with E-state index in [1.807, 2.05) is 0 Å². The van der Waals surface area contributed by atoms with Crippen molar-refractivity contribution in [3.05, 3.63) is 18.0 Å². The summed E-state index contributed by atoms with van der Waals surface area (Å²) in [6.07, 6.45) is -3.40. The first-order valence-corrected chi connectivity index (χ1v) is 5.84. The van der Waals surface area contributed by atoms with Crippen LogP contribution in [0.5, 0.6) is 0 Å². The normalized spacial score (nSPS) is 21.3. The van der Waals surface area contributed by atoms with Gasteiger partial charge >= 0.3 is 6.18 Å². The molecule has 1 aromatic heterocycles. The van der Waals surface area contributed by atoms with E-state index < -0.39 is 11.9 Å². The number of aromatic nitrogens is 2. The minimum absolute atomic E-state index is 0.0128. The number of ether oxygens (including phenoxy) is 1. The summed E-state index contributed by atoms with van der Waals surface area (Å²) in [4.78, 5) is 9.00. The maximum absolute atomic E-state index is 12.6. The topological polar surface area (TPSA) is 58.5 Å². The van der Waals surface area contributed by atoms with E-state index >= 15 is 0 Å². The van der Waals surface area contributed by atoms with Gasteiger partial charge in [0.25, 0.3) is 0 Å². The monoisotopic (exact) mass is 277 g/mol. The molecule has 1 atom stereocenters. The van der Waals surface area contributed by atoms with E-state index in [9.17, 15) is 13.2 Å². The summed E-state index contributed by atoms with van der Waals surface area (Å²) in [5.41, 5.74) is -0.969. The van der Waals surface area contributed by atoms with Crippen molar-refractivity contribution in [2.75, 3.05) is 37.8 Å². The van der Waals surface area contributed by atoms with Gasteiger partial charge in [-0.05, 0) is 6.07 Å². The lowest BCUT2D eigenvalue weighted by Gasteiger charge is -2.22. The average Bonchev–Trinajstić information content (AvgIpc) is 2.63. The third-order valence-electron chi connectivity index (χ3n) is 2.81. The molecule has 1 saturated heterocycles. The van der Waals surface area contributed by atoms with Crippen molar-refractivity contribution >= 4 is 5.95 Å². The van der Waals surface area contributed by atoms with Gasteiger partial charge in [0.1, 0.15) is 5.69 Å². The van der Waals surface area contributed by atoms with Gasteiger partial charge in [-0.1, -0.05) is 0 Å². The smallest absolute Gasteiger partial charge is 0.396 e. The third-order valence-corrected chi connectivity index (χ3v) is 2.81. The highest BCUT2D eigenvalue weighted by molar-refractivity contribution is 5.31. The lowest BCUT2D eigenvalue weighted by molar-refractivity contribution is -0.141. The fourth-order valence-corrected chi connectivity index (χ4v) is 1.83. The third kappa shape index (κ3) is 3.54. The number of hydrogen-bond acceptors (Lipinski definition) is 5. The van der Waals surface area contributed by atoms with Crippen LogP contribution < -0.4 is 4.90 Å². The number of aliphatic hydroxyl groups is 1. The quantitative estimate of drug-likeness (QED) is 0.872. The van der Waals surface area contributed by atoms with Gasteiger partial charge in [-0.15, -0.1) is 0 Å². The highest BCUT2D eigenvalue weighted by atomic mass is 19.4. The Morgan fingerprint density at radius 1 is 1.47 bits per heavy atom. The molecular weight excluding hydrogens is 263 g/mol.